The lowest BCUT2D eigenvalue weighted by Crippen LogP contribution is -2.21. The van der Waals surface area contributed by atoms with Crippen LogP contribution in [-0.4, -0.2) is 16.7 Å². The van der Waals surface area contributed by atoms with Crippen molar-refractivity contribution in [1.29, 1.82) is 0 Å². The summed E-state index contributed by atoms with van der Waals surface area (Å²) in [6, 6.07) is 2.70. The molecule has 0 aliphatic heterocycles. The van der Waals surface area contributed by atoms with Crippen molar-refractivity contribution in [1.82, 2.24) is 4.98 Å². The van der Waals surface area contributed by atoms with Gasteiger partial charge in [-0.25, -0.2) is 13.8 Å². The van der Waals surface area contributed by atoms with Crippen LogP contribution in [0, 0.1) is 0 Å². The van der Waals surface area contributed by atoms with Gasteiger partial charge >= 0.3 is 11.7 Å². The Kier molecular flexibility index (Phi) is 3.77. The second-order valence-electron chi connectivity index (χ2n) is 2.28. The number of nitrogens with zero attached hydrogens (tertiary/aromatic N) is 1. The van der Waals surface area contributed by atoms with E-state index in [4.69, 9.17) is 0 Å². The van der Waals surface area contributed by atoms with Crippen LogP contribution in [0.4, 0.5) is 17.6 Å². The molecule has 0 bridgehead atoms. The van der Waals surface area contributed by atoms with E-state index in [1.807, 2.05) is 0 Å². The molecule has 1 nitrogen and oxygen atoms in total. The zero-order chi connectivity index (χ0) is 10.8. The minimum absolute atomic E-state index is 0.140. The van der Waals surface area contributed by atoms with E-state index in [1.165, 1.54) is 18.3 Å². The first-order valence-electron chi connectivity index (χ1n) is 3.38. The van der Waals surface area contributed by atoms with Crippen LogP contribution in [0.1, 0.15) is 0 Å². The summed E-state index contributed by atoms with van der Waals surface area (Å²) in [6.45, 7) is 0. The Morgan fingerprint density at radius 1 is 1.36 bits per heavy atom. The Hall–Kier alpha value is -0.300. The zero-order valence-corrected chi connectivity index (χ0v) is 8.96. The van der Waals surface area contributed by atoms with Crippen LogP contribution in [0.5, 0.6) is 0 Å². The average molecular weight is 290 g/mol. The van der Waals surface area contributed by atoms with E-state index in [1.54, 1.807) is 0 Å². The highest BCUT2D eigenvalue weighted by atomic mass is 79.9. The lowest BCUT2D eigenvalue weighted by Gasteiger charge is -2.13. The topological polar surface area (TPSA) is 12.9 Å². The molecule has 78 valence electrons. The van der Waals surface area contributed by atoms with E-state index < -0.39 is 11.7 Å². The molecular formula is C7H4BrF4NS. The van der Waals surface area contributed by atoms with E-state index in [0.717, 1.165) is 0 Å². The van der Waals surface area contributed by atoms with Gasteiger partial charge < -0.3 is 0 Å². The van der Waals surface area contributed by atoms with Gasteiger partial charge in [0.05, 0.1) is 0 Å². The lowest BCUT2D eigenvalue weighted by atomic mass is 10.5. The van der Waals surface area contributed by atoms with Crippen LogP contribution in [0.15, 0.2) is 27.8 Å². The van der Waals surface area contributed by atoms with Crippen LogP contribution < -0.4 is 0 Å². The number of hydrogen-bond donors (Lipinski definition) is 0. The summed E-state index contributed by atoms with van der Waals surface area (Å²) in [5, 5.41) is -4.24. The van der Waals surface area contributed by atoms with E-state index in [-0.39, 0.29) is 16.8 Å². The first kappa shape index (κ1) is 11.8. The van der Waals surface area contributed by atoms with Crippen molar-refractivity contribution in [3.05, 3.63) is 22.8 Å². The molecule has 1 aromatic rings. The maximum Gasteiger partial charge on any atom is 0.359 e. The van der Waals surface area contributed by atoms with E-state index in [2.05, 4.69) is 20.9 Å². The van der Waals surface area contributed by atoms with Crippen molar-refractivity contribution in [2.45, 2.75) is 16.7 Å². The van der Waals surface area contributed by atoms with Gasteiger partial charge in [0.2, 0.25) is 0 Å². The Labute approximate surface area is 90.0 Å². The monoisotopic (exact) mass is 289 g/mol. The van der Waals surface area contributed by atoms with Gasteiger partial charge in [-0.05, 0) is 39.8 Å². The van der Waals surface area contributed by atoms with Gasteiger partial charge in [-0.3, -0.25) is 0 Å². The molecular weight excluding hydrogens is 286 g/mol. The smallest absolute Gasteiger partial charge is 0.249 e. The molecule has 0 radical (unpaired) electrons. The molecule has 0 saturated heterocycles. The van der Waals surface area contributed by atoms with Crippen molar-refractivity contribution >= 4 is 27.7 Å². The molecule has 0 unspecified atom stereocenters. The van der Waals surface area contributed by atoms with Gasteiger partial charge in [-0.2, -0.15) is 8.78 Å². The minimum atomic E-state index is -4.10. The third-order valence-corrected chi connectivity index (χ3v) is 2.56. The lowest BCUT2D eigenvalue weighted by molar-refractivity contribution is -0.0564. The Balaban J connectivity index is 2.74. The standard InChI is InChI=1S/C7H4BrF4NS/c8-4-1-2-5(13-3-4)14-7(11,12)6(9)10/h1-3,6H. The van der Waals surface area contributed by atoms with Gasteiger partial charge in [0.15, 0.2) is 0 Å². The average Bonchev–Trinajstić information content (AvgIpc) is 2.08. The summed E-state index contributed by atoms with van der Waals surface area (Å²) >= 11 is 2.79. The SMILES string of the molecule is FC(F)C(F)(F)Sc1ccc(Br)cn1. The van der Waals surface area contributed by atoms with Crippen LogP contribution in [0.3, 0.4) is 0 Å². The second-order valence-corrected chi connectivity index (χ2v) is 4.36. The number of rotatable bonds is 3. The van der Waals surface area contributed by atoms with Crippen molar-refractivity contribution in [3.63, 3.8) is 0 Å². The molecule has 0 spiro atoms. The molecule has 1 rings (SSSR count). The summed E-state index contributed by atoms with van der Waals surface area (Å²) in [5.74, 6) is 0. The fourth-order valence-corrected chi connectivity index (χ4v) is 1.45. The largest absolute Gasteiger partial charge is 0.359 e. The second kappa shape index (κ2) is 4.48. The van der Waals surface area contributed by atoms with Gasteiger partial charge in [-0.15, -0.1) is 0 Å². The molecule has 0 amide bonds. The fourth-order valence-electron chi connectivity index (χ4n) is 0.607. The minimum Gasteiger partial charge on any atom is -0.249 e. The van der Waals surface area contributed by atoms with E-state index in [9.17, 15) is 17.6 Å². The maximum atomic E-state index is 12.5. The molecule has 0 fully saturated rings. The number of hydrogen-bond acceptors (Lipinski definition) is 2. The molecule has 14 heavy (non-hydrogen) atoms. The van der Waals surface area contributed by atoms with Gasteiger partial charge in [0.1, 0.15) is 5.03 Å². The normalized spacial score (nSPS) is 12.1. The van der Waals surface area contributed by atoms with Crippen LogP contribution in [0.25, 0.3) is 0 Å². The number of halogens is 5. The maximum absolute atomic E-state index is 12.5. The van der Waals surface area contributed by atoms with Crippen LogP contribution in [-0.2, 0) is 0 Å². The number of pyridine rings is 1. The third-order valence-electron chi connectivity index (χ3n) is 1.19. The number of thioether (sulfide) groups is 1. The van der Waals surface area contributed by atoms with Crippen molar-refractivity contribution in [2.75, 3.05) is 0 Å². The van der Waals surface area contributed by atoms with Crippen molar-refractivity contribution < 1.29 is 17.6 Å². The highest BCUT2D eigenvalue weighted by Crippen LogP contribution is 2.39. The molecule has 7 heteroatoms. The van der Waals surface area contributed by atoms with Gasteiger partial charge in [0, 0.05) is 10.7 Å². The van der Waals surface area contributed by atoms with Crippen LogP contribution >= 0.6 is 27.7 Å². The first-order chi connectivity index (χ1) is 6.42. The Morgan fingerprint density at radius 3 is 2.43 bits per heavy atom. The zero-order valence-electron chi connectivity index (χ0n) is 6.55. The summed E-state index contributed by atoms with van der Waals surface area (Å²) in [7, 11) is 0. The van der Waals surface area contributed by atoms with E-state index >= 15 is 0 Å². The molecule has 0 aromatic carbocycles. The Bertz CT molecular complexity index is 303. The summed E-state index contributed by atoms with van der Waals surface area (Å²) in [5.41, 5.74) is 0. The predicted molar refractivity (Wildman–Crippen MR) is 48.7 cm³/mol. The van der Waals surface area contributed by atoms with Crippen molar-refractivity contribution in [3.8, 4) is 0 Å². The van der Waals surface area contributed by atoms with Gasteiger partial charge in [0.25, 0.3) is 0 Å². The van der Waals surface area contributed by atoms with Crippen LogP contribution in [0.2, 0.25) is 0 Å². The van der Waals surface area contributed by atoms with Gasteiger partial charge in [-0.1, -0.05) is 0 Å². The highest BCUT2D eigenvalue weighted by Gasteiger charge is 2.42. The summed E-state index contributed by atoms with van der Waals surface area (Å²) in [6.07, 6.45) is -2.43. The van der Waals surface area contributed by atoms with E-state index in [0.29, 0.717) is 4.47 Å². The molecule has 0 aliphatic carbocycles. The Morgan fingerprint density at radius 2 is 2.00 bits per heavy atom. The van der Waals surface area contributed by atoms with Crippen molar-refractivity contribution in [2.24, 2.45) is 0 Å². The number of alkyl halides is 4. The molecule has 0 saturated carbocycles. The molecule has 0 N–H and O–H groups in total. The molecule has 0 aliphatic rings. The summed E-state index contributed by atoms with van der Waals surface area (Å²) in [4.78, 5) is 3.55. The number of aromatic nitrogens is 1. The fraction of sp³-hybridized carbons (Fsp3) is 0.286. The first-order valence-corrected chi connectivity index (χ1v) is 4.99. The molecule has 1 aromatic heterocycles. The molecule has 0 atom stereocenters. The molecule has 1 heterocycles. The third kappa shape index (κ3) is 3.13. The quantitative estimate of drug-likeness (QED) is 0.620. The predicted octanol–water partition coefficient (Wildman–Crippen LogP) is 3.79. The summed E-state index contributed by atoms with van der Waals surface area (Å²) < 4.78 is 49.1. The highest BCUT2D eigenvalue weighted by molar-refractivity contribution is 9.10.